The number of carboxylic acids is 1. The molecule has 0 aliphatic rings. The fraction of sp³-hybridized carbons (Fsp3) is 0.208. The minimum Gasteiger partial charge on any atom is -0.480 e. The van der Waals surface area contributed by atoms with Gasteiger partial charge in [0.15, 0.2) is 0 Å². The summed E-state index contributed by atoms with van der Waals surface area (Å²) in [6.07, 6.45) is 0. The largest absolute Gasteiger partial charge is 0.480 e. The fourth-order valence-corrected chi connectivity index (χ4v) is 4.81. The van der Waals surface area contributed by atoms with Crippen LogP contribution in [0.2, 0.25) is 0 Å². The zero-order chi connectivity index (χ0) is 20.1. The van der Waals surface area contributed by atoms with Crippen LogP contribution in [0.4, 0.5) is 0 Å². The molecule has 3 aromatic carbocycles. The highest BCUT2D eigenvalue weighted by atomic mass is 32.2. The predicted octanol–water partition coefficient (Wildman–Crippen LogP) is 4.74. The SMILES string of the molecule is Cc1ccc(C(SCC(N)C(=O)O)(c2ccccc2)c2ccccc2)cc1C. The molecule has 0 amide bonds. The highest BCUT2D eigenvalue weighted by molar-refractivity contribution is 8.00. The van der Waals surface area contributed by atoms with Crippen molar-refractivity contribution < 1.29 is 9.90 Å². The Morgan fingerprint density at radius 3 is 1.89 bits per heavy atom. The van der Waals surface area contributed by atoms with E-state index in [1.54, 1.807) is 11.8 Å². The van der Waals surface area contributed by atoms with E-state index < -0.39 is 16.8 Å². The number of rotatable bonds is 7. The van der Waals surface area contributed by atoms with E-state index in [9.17, 15) is 9.90 Å². The lowest BCUT2D eigenvalue weighted by Gasteiger charge is -2.36. The van der Waals surface area contributed by atoms with Gasteiger partial charge in [0, 0.05) is 5.75 Å². The molecule has 0 saturated heterocycles. The average molecular weight is 392 g/mol. The van der Waals surface area contributed by atoms with E-state index >= 15 is 0 Å². The smallest absolute Gasteiger partial charge is 0.321 e. The standard InChI is InChI=1S/C24H25NO2S/c1-17-13-14-21(15-18(17)2)24(19-9-5-3-6-10-19,20-11-7-4-8-12-20)28-16-22(25)23(26)27/h3-15,22H,16,25H2,1-2H3,(H,26,27). The summed E-state index contributed by atoms with van der Waals surface area (Å²) in [5, 5.41) is 9.33. The number of aryl methyl sites for hydroxylation is 2. The van der Waals surface area contributed by atoms with Gasteiger partial charge in [0.1, 0.15) is 6.04 Å². The molecule has 28 heavy (non-hydrogen) atoms. The zero-order valence-electron chi connectivity index (χ0n) is 16.1. The highest BCUT2D eigenvalue weighted by Crippen LogP contribution is 2.48. The van der Waals surface area contributed by atoms with Crippen LogP contribution in [0.15, 0.2) is 78.9 Å². The first kappa shape index (κ1) is 20.2. The molecule has 1 atom stereocenters. The van der Waals surface area contributed by atoms with Gasteiger partial charge >= 0.3 is 5.97 Å². The molecule has 3 rings (SSSR count). The molecule has 3 nitrogen and oxygen atoms in total. The van der Waals surface area contributed by atoms with Crippen LogP contribution in [0.5, 0.6) is 0 Å². The van der Waals surface area contributed by atoms with Crippen molar-refractivity contribution in [2.24, 2.45) is 5.73 Å². The molecule has 0 spiro atoms. The Morgan fingerprint density at radius 2 is 1.43 bits per heavy atom. The molecule has 0 aliphatic carbocycles. The van der Waals surface area contributed by atoms with E-state index in [2.05, 4.69) is 56.3 Å². The molecular weight excluding hydrogens is 366 g/mol. The van der Waals surface area contributed by atoms with Gasteiger partial charge in [-0.3, -0.25) is 4.79 Å². The first-order valence-corrected chi connectivity index (χ1v) is 10.2. The molecule has 4 heteroatoms. The van der Waals surface area contributed by atoms with Crippen LogP contribution in [-0.4, -0.2) is 22.9 Å². The van der Waals surface area contributed by atoms with Crippen LogP contribution in [0.1, 0.15) is 27.8 Å². The molecule has 3 N–H and O–H groups in total. The lowest BCUT2D eigenvalue weighted by molar-refractivity contribution is -0.137. The molecule has 0 fully saturated rings. The van der Waals surface area contributed by atoms with Gasteiger partial charge in [-0.2, -0.15) is 0 Å². The second-order valence-electron chi connectivity index (χ2n) is 6.97. The summed E-state index contributed by atoms with van der Waals surface area (Å²) < 4.78 is -0.548. The van der Waals surface area contributed by atoms with Gasteiger partial charge in [-0.15, -0.1) is 11.8 Å². The molecule has 0 radical (unpaired) electrons. The average Bonchev–Trinajstić information content (AvgIpc) is 2.72. The number of hydrogen-bond acceptors (Lipinski definition) is 3. The van der Waals surface area contributed by atoms with E-state index in [4.69, 9.17) is 5.73 Å². The van der Waals surface area contributed by atoms with Crippen molar-refractivity contribution in [2.45, 2.75) is 24.6 Å². The molecule has 0 aromatic heterocycles. The summed E-state index contributed by atoms with van der Waals surface area (Å²) >= 11 is 1.57. The number of aliphatic carboxylic acids is 1. The molecule has 0 saturated carbocycles. The van der Waals surface area contributed by atoms with Gasteiger partial charge in [-0.05, 0) is 41.7 Å². The van der Waals surface area contributed by atoms with Crippen molar-refractivity contribution in [1.29, 1.82) is 0 Å². The Bertz CT molecular complexity index is 902. The van der Waals surface area contributed by atoms with Gasteiger partial charge in [-0.1, -0.05) is 78.9 Å². The van der Waals surface area contributed by atoms with Crippen LogP contribution < -0.4 is 5.73 Å². The first-order valence-electron chi connectivity index (χ1n) is 9.26. The molecule has 0 bridgehead atoms. The van der Waals surface area contributed by atoms with Crippen LogP contribution in [-0.2, 0) is 9.54 Å². The quantitative estimate of drug-likeness (QED) is 0.571. The second-order valence-corrected chi connectivity index (χ2v) is 8.20. The summed E-state index contributed by atoms with van der Waals surface area (Å²) in [5.74, 6) is -0.686. The predicted molar refractivity (Wildman–Crippen MR) is 117 cm³/mol. The Labute approximate surface area is 170 Å². The lowest BCUT2D eigenvalue weighted by atomic mass is 9.83. The molecule has 144 valence electrons. The number of thioether (sulfide) groups is 1. The minimum atomic E-state index is -0.984. The van der Waals surface area contributed by atoms with Crippen LogP contribution in [0.3, 0.4) is 0 Å². The number of hydrogen-bond donors (Lipinski definition) is 2. The Hall–Kier alpha value is -2.56. The third-order valence-corrected chi connectivity index (χ3v) is 6.74. The third-order valence-electron chi connectivity index (χ3n) is 5.07. The monoisotopic (exact) mass is 391 g/mol. The third kappa shape index (κ3) is 3.98. The van der Waals surface area contributed by atoms with Crippen molar-refractivity contribution in [2.75, 3.05) is 5.75 Å². The number of carboxylic acid groups (broad SMARTS) is 1. The molecular formula is C24H25NO2S. The van der Waals surface area contributed by atoms with Crippen LogP contribution >= 0.6 is 11.8 Å². The van der Waals surface area contributed by atoms with Gasteiger partial charge in [0.05, 0.1) is 4.75 Å². The maximum atomic E-state index is 11.4. The number of benzene rings is 3. The molecule has 1 unspecified atom stereocenters. The highest BCUT2D eigenvalue weighted by Gasteiger charge is 2.38. The maximum absolute atomic E-state index is 11.4. The fourth-order valence-electron chi connectivity index (χ4n) is 3.34. The van der Waals surface area contributed by atoms with Crippen molar-refractivity contribution in [3.63, 3.8) is 0 Å². The second kappa shape index (κ2) is 8.63. The summed E-state index contributed by atoms with van der Waals surface area (Å²) in [7, 11) is 0. The minimum absolute atomic E-state index is 0.298. The summed E-state index contributed by atoms with van der Waals surface area (Å²) in [6.45, 7) is 4.20. The van der Waals surface area contributed by atoms with Crippen molar-refractivity contribution in [3.8, 4) is 0 Å². The summed E-state index contributed by atoms with van der Waals surface area (Å²) in [4.78, 5) is 11.4. The number of carbonyl (C=O) groups is 1. The normalized spacial score (nSPS) is 12.5. The van der Waals surface area contributed by atoms with E-state index in [0.717, 1.165) is 16.7 Å². The van der Waals surface area contributed by atoms with Crippen molar-refractivity contribution in [1.82, 2.24) is 0 Å². The molecule has 3 aromatic rings. The number of nitrogens with two attached hydrogens (primary N) is 1. The van der Waals surface area contributed by atoms with Gasteiger partial charge in [-0.25, -0.2) is 0 Å². The van der Waals surface area contributed by atoms with Crippen LogP contribution in [0.25, 0.3) is 0 Å². The van der Waals surface area contributed by atoms with Crippen LogP contribution in [0, 0.1) is 13.8 Å². The van der Waals surface area contributed by atoms with E-state index in [1.165, 1.54) is 11.1 Å². The summed E-state index contributed by atoms with van der Waals surface area (Å²) in [5.41, 5.74) is 11.7. The Morgan fingerprint density at radius 1 is 0.893 bits per heavy atom. The van der Waals surface area contributed by atoms with E-state index in [1.807, 2.05) is 36.4 Å². The van der Waals surface area contributed by atoms with Gasteiger partial charge < -0.3 is 10.8 Å². The van der Waals surface area contributed by atoms with Gasteiger partial charge in [0.25, 0.3) is 0 Å². The zero-order valence-corrected chi connectivity index (χ0v) is 16.9. The molecule has 0 heterocycles. The van der Waals surface area contributed by atoms with E-state index in [0.29, 0.717) is 5.75 Å². The lowest BCUT2D eigenvalue weighted by Crippen LogP contribution is -2.36. The summed E-state index contributed by atoms with van der Waals surface area (Å²) in [6, 6.07) is 26.0. The Balaban J connectivity index is 2.25. The molecule has 0 aliphatic heterocycles. The van der Waals surface area contributed by atoms with Gasteiger partial charge in [0.2, 0.25) is 0 Å². The maximum Gasteiger partial charge on any atom is 0.321 e. The van der Waals surface area contributed by atoms with E-state index in [-0.39, 0.29) is 0 Å². The van der Waals surface area contributed by atoms with Crippen molar-refractivity contribution in [3.05, 3.63) is 107 Å². The topological polar surface area (TPSA) is 63.3 Å². The Kier molecular flexibility index (Phi) is 6.22. The first-order chi connectivity index (χ1) is 13.4. The van der Waals surface area contributed by atoms with Crippen molar-refractivity contribution >= 4 is 17.7 Å².